The van der Waals surface area contributed by atoms with Gasteiger partial charge in [-0.3, -0.25) is 4.79 Å². The van der Waals surface area contributed by atoms with Crippen molar-refractivity contribution in [3.05, 3.63) is 53.2 Å². The molecule has 1 N–H and O–H groups in total. The number of hydrogen-bond donors (Lipinski definition) is 1. The van der Waals surface area contributed by atoms with Crippen molar-refractivity contribution in [1.29, 1.82) is 0 Å². The minimum absolute atomic E-state index is 0.0467. The van der Waals surface area contributed by atoms with Crippen molar-refractivity contribution in [1.82, 2.24) is 15.1 Å². The van der Waals surface area contributed by atoms with Crippen molar-refractivity contribution in [2.75, 3.05) is 18.4 Å². The molecular formula is C19H24N4O. The van der Waals surface area contributed by atoms with Gasteiger partial charge in [0.15, 0.2) is 5.69 Å². The van der Waals surface area contributed by atoms with Crippen molar-refractivity contribution in [2.24, 2.45) is 0 Å². The van der Waals surface area contributed by atoms with Gasteiger partial charge in [-0.15, -0.1) is 10.2 Å². The van der Waals surface area contributed by atoms with Crippen molar-refractivity contribution in [3.8, 4) is 0 Å². The van der Waals surface area contributed by atoms with E-state index in [4.69, 9.17) is 0 Å². The van der Waals surface area contributed by atoms with Gasteiger partial charge in [-0.05, 0) is 36.1 Å². The number of fused-ring (bicyclic) bond motifs is 1. The predicted octanol–water partition coefficient (Wildman–Crippen LogP) is 3.28. The van der Waals surface area contributed by atoms with Gasteiger partial charge in [-0.1, -0.05) is 44.0 Å². The van der Waals surface area contributed by atoms with Crippen molar-refractivity contribution >= 4 is 11.7 Å². The van der Waals surface area contributed by atoms with E-state index in [-0.39, 0.29) is 5.91 Å². The van der Waals surface area contributed by atoms with Gasteiger partial charge >= 0.3 is 0 Å². The predicted molar refractivity (Wildman–Crippen MR) is 94.9 cm³/mol. The second-order valence-electron chi connectivity index (χ2n) is 6.18. The van der Waals surface area contributed by atoms with Crippen molar-refractivity contribution < 1.29 is 4.79 Å². The third kappa shape index (κ3) is 3.91. The number of benzene rings is 1. The first-order valence-corrected chi connectivity index (χ1v) is 8.71. The highest BCUT2D eigenvalue weighted by molar-refractivity contribution is 5.92. The Balaban J connectivity index is 1.59. The van der Waals surface area contributed by atoms with E-state index >= 15 is 0 Å². The molecule has 5 nitrogen and oxygen atoms in total. The molecule has 1 aromatic heterocycles. The first kappa shape index (κ1) is 16.4. The van der Waals surface area contributed by atoms with E-state index in [9.17, 15) is 4.79 Å². The topological polar surface area (TPSA) is 58.1 Å². The maximum absolute atomic E-state index is 12.6. The van der Waals surface area contributed by atoms with E-state index < -0.39 is 0 Å². The average molecular weight is 324 g/mol. The summed E-state index contributed by atoms with van der Waals surface area (Å²) in [6.07, 6.45) is 4.41. The van der Waals surface area contributed by atoms with Gasteiger partial charge in [0, 0.05) is 19.6 Å². The fourth-order valence-electron chi connectivity index (χ4n) is 2.96. The Morgan fingerprint density at radius 1 is 1.12 bits per heavy atom. The number of nitrogens with one attached hydrogen (secondary N) is 1. The van der Waals surface area contributed by atoms with E-state index in [1.807, 2.05) is 23.1 Å². The van der Waals surface area contributed by atoms with Crippen LogP contribution in [0.1, 0.15) is 47.8 Å². The van der Waals surface area contributed by atoms with Gasteiger partial charge in [0.25, 0.3) is 5.91 Å². The number of amides is 1. The number of nitrogens with zero attached hydrogens (tertiary/aromatic N) is 3. The van der Waals surface area contributed by atoms with Gasteiger partial charge in [-0.25, -0.2) is 0 Å². The summed E-state index contributed by atoms with van der Waals surface area (Å²) in [6.45, 7) is 4.44. The van der Waals surface area contributed by atoms with Crippen LogP contribution in [0.2, 0.25) is 0 Å². The van der Waals surface area contributed by atoms with E-state index in [0.29, 0.717) is 12.2 Å². The molecule has 0 radical (unpaired) electrons. The highest BCUT2D eigenvalue weighted by Gasteiger charge is 2.22. The lowest BCUT2D eigenvalue weighted by Gasteiger charge is -2.28. The molecule has 24 heavy (non-hydrogen) atoms. The van der Waals surface area contributed by atoms with E-state index in [2.05, 4.69) is 34.6 Å². The molecule has 0 spiro atoms. The fraction of sp³-hybridized carbons (Fsp3) is 0.421. The quantitative estimate of drug-likeness (QED) is 0.829. The normalized spacial score (nSPS) is 13.5. The minimum Gasteiger partial charge on any atom is -0.369 e. The Bertz CT molecular complexity index is 684. The Kier molecular flexibility index (Phi) is 5.41. The van der Waals surface area contributed by atoms with Crippen LogP contribution in [-0.2, 0) is 13.0 Å². The van der Waals surface area contributed by atoms with Gasteiger partial charge in [0.1, 0.15) is 5.82 Å². The van der Waals surface area contributed by atoms with Crippen molar-refractivity contribution in [2.45, 2.75) is 39.2 Å². The number of rotatable bonds is 6. The molecule has 1 aromatic carbocycles. The summed E-state index contributed by atoms with van der Waals surface area (Å²) in [7, 11) is 0. The summed E-state index contributed by atoms with van der Waals surface area (Å²) in [5.41, 5.74) is 2.96. The molecule has 3 rings (SSSR count). The monoisotopic (exact) mass is 324 g/mol. The van der Waals surface area contributed by atoms with E-state index in [1.165, 1.54) is 24.0 Å². The summed E-state index contributed by atoms with van der Waals surface area (Å²) >= 11 is 0. The van der Waals surface area contributed by atoms with Gasteiger partial charge in [0.2, 0.25) is 0 Å². The van der Waals surface area contributed by atoms with Crippen LogP contribution >= 0.6 is 0 Å². The van der Waals surface area contributed by atoms with E-state index in [1.54, 1.807) is 6.07 Å². The summed E-state index contributed by atoms with van der Waals surface area (Å²) in [4.78, 5) is 14.5. The maximum atomic E-state index is 12.6. The Morgan fingerprint density at radius 2 is 1.96 bits per heavy atom. The summed E-state index contributed by atoms with van der Waals surface area (Å²) in [5, 5.41) is 11.5. The molecule has 0 saturated heterocycles. The zero-order chi connectivity index (χ0) is 16.8. The van der Waals surface area contributed by atoms with Crippen LogP contribution in [0, 0.1) is 0 Å². The number of carbonyl (C=O) groups is 1. The summed E-state index contributed by atoms with van der Waals surface area (Å²) in [5.74, 6) is 0.682. The maximum Gasteiger partial charge on any atom is 0.274 e. The average Bonchev–Trinajstić information content (AvgIpc) is 2.65. The van der Waals surface area contributed by atoms with Crippen LogP contribution in [0.25, 0.3) is 0 Å². The fourth-order valence-corrected chi connectivity index (χ4v) is 2.96. The Hall–Kier alpha value is -2.43. The van der Waals surface area contributed by atoms with E-state index in [0.717, 1.165) is 31.7 Å². The number of hydrogen-bond acceptors (Lipinski definition) is 4. The molecule has 0 aliphatic carbocycles. The lowest BCUT2D eigenvalue weighted by molar-refractivity contribution is 0.0727. The zero-order valence-corrected chi connectivity index (χ0v) is 14.2. The number of carbonyl (C=O) groups excluding carboxylic acids is 1. The molecular weight excluding hydrogens is 300 g/mol. The molecule has 0 fully saturated rings. The number of aromatic nitrogens is 2. The van der Waals surface area contributed by atoms with Crippen molar-refractivity contribution in [3.63, 3.8) is 0 Å². The largest absolute Gasteiger partial charge is 0.369 e. The smallest absolute Gasteiger partial charge is 0.274 e. The molecule has 1 amide bonds. The molecule has 5 heteroatoms. The molecule has 0 unspecified atom stereocenters. The molecule has 126 valence electrons. The first-order chi connectivity index (χ1) is 11.8. The number of unbranched alkanes of at least 4 members (excludes halogenated alkanes) is 2. The zero-order valence-electron chi connectivity index (χ0n) is 14.2. The standard InChI is InChI=1S/C19H24N4O/c1-2-3-6-12-20-18-10-9-17(21-22-18)19(24)23-13-11-15-7-4-5-8-16(15)14-23/h4-5,7-10H,2-3,6,11-14H2,1H3,(H,20,22). The molecule has 2 heterocycles. The molecule has 0 bridgehead atoms. The minimum atomic E-state index is -0.0467. The molecule has 0 saturated carbocycles. The van der Waals surface area contributed by atoms with Crippen LogP contribution in [0.15, 0.2) is 36.4 Å². The highest BCUT2D eigenvalue weighted by Crippen LogP contribution is 2.19. The lowest BCUT2D eigenvalue weighted by Crippen LogP contribution is -2.36. The molecule has 0 atom stereocenters. The van der Waals surface area contributed by atoms with Crippen LogP contribution in [0.4, 0.5) is 5.82 Å². The first-order valence-electron chi connectivity index (χ1n) is 8.71. The molecule has 1 aliphatic rings. The van der Waals surface area contributed by atoms with Crippen LogP contribution in [0.5, 0.6) is 0 Å². The molecule has 1 aliphatic heterocycles. The number of anilines is 1. The summed E-state index contributed by atoms with van der Waals surface area (Å²) < 4.78 is 0. The second-order valence-corrected chi connectivity index (χ2v) is 6.18. The van der Waals surface area contributed by atoms with Crippen LogP contribution in [0.3, 0.4) is 0 Å². The van der Waals surface area contributed by atoms with Crippen LogP contribution < -0.4 is 5.32 Å². The third-order valence-corrected chi connectivity index (χ3v) is 4.39. The molecule has 2 aromatic rings. The van der Waals surface area contributed by atoms with Gasteiger partial charge in [-0.2, -0.15) is 0 Å². The summed E-state index contributed by atoms with van der Waals surface area (Å²) in [6, 6.07) is 11.9. The second kappa shape index (κ2) is 7.90. The van der Waals surface area contributed by atoms with Gasteiger partial charge in [0.05, 0.1) is 0 Å². The third-order valence-electron chi connectivity index (χ3n) is 4.39. The SMILES string of the molecule is CCCCCNc1ccc(C(=O)N2CCc3ccccc3C2)nn1. The van der Waals surface area contributed by atoms with Crippen LogP contribution in [-0.4, -0.2) is 34.1 Å². The Morgan fingerprint density at radius 3 is 2.71 bits per heavy atom. The Labute approximate surface area is 143 Å². The highest BCUT2D eigenvalue weighted by atomic mass is 16.2. The van der Waals surface area contributed by atoms with Gasteiger partial charge < -0.3 is 10.2 Å². The lowest BCUT2D eigenvalue weighted by atomic mass is 10.00.